The fourth-order valence-corrected chi connectivity index (χ4v) is 2.71. The van der Waals surface area contributed by atoms with Crippen molar-refractivity contribution in [1.82, 2.24) is 5.16 Å². The normalized spacial score (nSPS) is 10.7. The minimum absolute atomic E-state index is 0.0551. The van der Waals surface area contributed by atoms with Crippen LogP contribution in [-0.4, -0.2) is 17.0 Å². The van der Waals surface area contributed by atoms with Gasteiger partial charge in [0.1, 0.15) is 0 Å². The van der Waals surface area contributed by atoms with Crippen LogP contribution in [0.4, 0.5) is 11.4 Å². The van der Waals surface area contributed by atoms with Gasteiger partial charge in [0.25, 0.3) is 5.91 Å². The number of anilines is 2. The average molecular weight is 355 g/mol. The maximum absolute atomic E-state index is 12.2. The first-order valence-electron chi connectivity index (χ1n) is 7.76. The number of amides is 2. The summed E-state index contributed by atoms with van der Waals surface area (Å²) < 4.78 is 5.21. The summed E-state index contributed by atoms with van der Waals surface area (Å²) >= 11 is 1.51. The number of carbonyl (C=O) groups is 2. The Hall–Kier alpha value is -2.93. The second-order valence-electron chi connectivity index (χ2n) is 5.73. The Morgan fingerprint density at radius 2 is 1.76 bits per heavy atom. The Bertz CT molecular complexity index is 867. The fraction of sp³-hybridized carbons (Fsp3) is 0.167. The van der Waals surface area contributed by atoms with Gasteiger partial charge in [-0.3, -0.25) is 9.59 Å². The molecular formula is C18H17N3O3S. The number of nitrogens with one attached hydrogen (secondary N) is 2. The number of hydrogen-bond acceptors (Lipinski definition) is 5. The molecule has 3 aromatic rings. The third kappa shape index (κ3) is 4.13. The molecule has 2 aromatic heterocycles. The van der Waals surface area contributed by atoms with Gasteiger partial charge in [0.05, 0.1) is 4.88 Å². The van der Waals surface area contributed by atoms with Crippen LogP contribution in [-0.2, 0) is 4.79 Å². The lowest BCUT2D eigenvalue weighted by molar-refractivity contribution is -0.118. The Morgan fingerprint density at radius 3 is 2.36 bits per heavy atom. The van der Waals surface area contributed by atoms with Crippen molar-refractivity contribution < 1.29 is 14.1 Å². The fourth-order valence-electron chi connectivity index (χ4n) is 2.04. The van der Waals surface area contributed by atoms with Gasteiger partial charge in [0.15, 0.2) is 11.5 Å². The molecule has 2 amide bonds. The van der Waals surface area contributed by atoms with Gasteiger partial charge >= 0.3 is 0 Å². The molecule has 0 spiro atoms. The van der Waals surface area contributed by atoms with E-state index in [-0.39, 0.29) is 23.4 Å². The molecule has 0 fully saturated rings. The molecule has 128 valence electrons. The molecule has 1 aromatic carbocycles. The smallest absolute Gasteiger partial charge is 0.277 e. The van der Waals surface area contributed by atoms with Crippen LogP contribution in [0, 0.1) is 5.92 Å². The maximum Gasteiger partial charge on any atom is 0.277 e. The summed E-state index contributed by atoms with van der Waals surface area (Å²) in [7, 11) is 0. The SMILES string of the molecule is CC(C)C(=O)Nc1ccc(NC(=O)c2cc(-c3cccs3)on2)cc1. The average Bonchev–Trinajstić information content (AvgIpc) is 3.27. The first-order valence-corrected chi connectivity index (χ1v) is 8.64. The summed E-state index contributed by atoms with van der Waals surface area (Å²) in [6.45, 7) is 3.65. The number of carbonyl (C=O) groups excluding carboxylic acids is 2. The van der Waals surface area contributed by atoms with Crippen LogP contribution in [0.2, 0.25) is 0 Å². The molecule has 2 N–H and O–H groups in total. The highest BCUT2D eigenvalue weighted by atomic mass is 32.1. The lowest BCUT2D eigenvalue weighted by Gasteiger charge is -2.08. The Morgan fingerprint density at radius 1 is 1.08 bits per heavy atom. The summed E-state index contributed by atoms with van der Waals surface area (Å²) in [5.41, 5.74) is 1.49. The lowest BCUT2D eigenvalue weighted by Crippen LogP contribution is -2.17. The largest absolute Gasteiger partial charge is 0.355 e. The zero-order valence-corrected chi connectivity index (χ0v) is 14.6. The Labute approximate surface area is 148 Å². The van der Waals surface area contributed by atoms with E-state index in [4.69, 9.17) is 4.52 Å². The molecule has 2 heterocycles. The van der Waals surface area contributed by atoms with Gasteiger partial charge in [-0.25, -0.2) is 0 Å². The highest BCUT2D eigenvalue weighted by Gasteiger charge is 2.14. The number of hydrogen-bond donors (Lipinski definition) is 2. The highest BCUT2D eigenvalue weighted by molar-refractivity contribution is 7.13. The van der Waals surface area contributed by atoms with E-state index in [0.29, 0.717) is 17.1 Å². The van der Waals surface area contributed by atoms with E-state index in [1.165, 1.54) is 11.3 Å². The summed E-state index contributed by atoms with van der Waals surface area (Å²) in [4.78, 5) is 24.8. The molecule has 0 radical (unpaired) electrons. The molecule has 0 saturated heterocycles. The van der Waals surface area contributed by atoms with Crippen LogP contribution < -0.4 is 10.6 Å². The summed E-state index contributed by atoms with van der Waals surface area (Å²) in [5, 5.41) is 11.3. The monoisotopic (exact) mass is 355 g/mol. The van der Waals surface area contributed by atoms with E-state index in [9.17, 15) is 9.59 Å². The molecule has 0 saturated carbocycles. The molecule has 0 aliphatic carbocycles. The van der Waals surface area contributed by atoms with Crippen LogP contribution in [0.3, 0.4) is 0 Å². The van der Waals surface area contributed by atoms with E-state index in [0.717, 1.165) is 4.88 Å². The van der Waals surface area contributed by atoms with Crippen molar-refractivity contribution in [2.45, 2.75) is 13.8 Å². The molecule has 0 aliphatic rings. The summed E-state index contributed by atoms with van der Waals surface area (Å²) in [6.07, 6.45) is 0. The van der Waals surface area contributed by atoms with Gasteiger partial charge in [0, 0.05) is 23.4 Å². The van der Waals surface area contributed by atoms with Crippen LogP contribution >= 0.6 is 11.3 Å². The van der Waals surface area contributed by atoms with Gasteiger partial charge in [-0.15, -0.1) is 11.3 Å². The third-order valence-electron chi connectivity index (χ3n) is 3.44. The number of rotatable bonds is 5. The van der Waals surface area contributed by atoms with Crippen molar-refractivity contribution in [2.24, 2.45) is 5.92 Å². The molecule has 0 atom stereocenters. The second-order valence-corrected chi connectivity index (χ2v) is 6.68. The Kier molecular flexibility index (Phi) is 4.95. The number of aromatic nitrogens is 1. The predicted molar refractivity (Wildman–Crippen MR) is 97.7 cm³/mol. The second kappa shape index (κ2) is 7.31. The minimum atomic E-state index is -0.356. The van der Waals surface area contributed by atoms with Gasteiger partial charge < -0.3 is 15.2 Å². The Balaban J connectivity index is 1.64. The van der Waals surface area contributed by atoms with Crippen LogP contribution in [0.1, 0.15) is 24.3 Å². The molecule has 0 bridgehead atoms. The zero-order chi connectivity index (χ0) is 17.8. The first-order chi connectivity index (χ1) is 12.0. The van der Waals surface area contributed by atoms with E-state index in [1.807, 2.05) is 31.4 Å². The molecule has 0 unspecified atom stereocenters. The van der Waals surface area contributed by atoms with E-state index < -0.39 is 0 Å². The lowest BCUT2D eigenvalue weighted by atomic mass is 10.2. The maximum atomic E-state index is 12.2. The van der Waals surface area contributed by atoms with Crippen molar-refractivity contribution in [3.05, 3.63) is 53.5 Å². The van der Waals surface area contributed by atoms with Crippen LogP contribution in [0.5, 0.6) is 0 Å². The predicted octanol–water partition coefficient (Wildman–Crippen LogP) is 4.25. The minimum Gasteiger partial charge on any atom is -0.355 e. The van der Waals surface area contributed by atoms with E-state index in [1.54, 1.807) is 30.3 Å². The van der Waals surface area contributed by atoms with Crippen molar-refractivity contribution in [1.29, 1.82) is 0 Å². The highest BCUT2D eigenvalue weighted by Crippen LogP contribution is 2.25. The zero-order valence-electron chi connectivity index (χ0n) is 13.8. The van der Waals surface area contributed by atoms with Crippen LogP contribution in [0.15, 0.2) is 52.4 Å². The molecular weight excluding hydrogens is 338 g/mol. The van der Waals surface area contributed by atoms with E-state index >= 15 is 0 Å². The third-order valence-corrected chi connectivity index (χ3v) is 4.33. The number of benzene rings is 1. The standard InChI is InChI=1S/C18H17N3O3S/c1-11(2)17(22)19-12-5-7-13(8-6-12)20-18(23)14-10-15(24-21-14)16-4-3-9-25-16/h3-11H,1-2H3,(H,19,22)(H,20,23). The van der Waals surface area contributed by atoms with Crippen molar-refractivity contribution in [3.8, 4) is 10.6 Å². The van der Waals surface area contributed by atoms with Crippen molar-refractivity contribution in [2.75, 3.05) is 10.6 Å². The van der Waals surface area contributed by atoms with Crippen LogP contribution in [0.25, 0.3) is 10.6 Å². The molecule has 0 aliphatic heterocycles. The van der Waals surface area contributed by atoms with Gasteiger partial charge in [-0.2, -0.15) is 0 Å². The topological polar surface area (TPSA) is 84.2 Å². The van der Waals surface area contributed by atoms with Crippen molar-refractivity contribution in [3.63, 3.8) is 0 Å². The molecule has 7 heteroatoms. The molecule has 25 heavy (non-hydrogen) atoms. The number of thiophene rings is 1. The van der Waals surface area contributed by atoms with Gasteiger partial charge in [0.2, 0.25) is 5.91 Å². The van der Waals surface area contributed by atoms with Gasteiger partial charge in [-0.05, 0) is 35.7 Å². The quantitative estimate of drug-likeness (QED) is 0.716. The first kappa shape index (κ1) is 16.9. The summed E-state index contributed by atoms with van der Waals surface area (Å²) in [6, 6.07) is 12.3. The summed E-state index contributed by atoms with van der Waals surface area (Å²) in [5.74, 6) is 0.0574. The van der Waals surface area contributed by atoms with E-state index in [2.05, 4.69) is 15.8 Å². The molecule has 6 nitrogen and oxygen atoms in total. The molecule has 3 rings (SSSR count). The number of nitrogens with zero attached hydrogens (tertiary/aromatic N) is 1. The van der Waals surface area contributed by atoms with Crippen molar-refractivity contribution >= 4 is 34.5 Å². The van der Waals surface area contributed by atoms with Gasteiger partial charge in [-0.1, -0.05) is 25.1 Å².